The van der Waals surface area contributed by atoms with Gasteiger partial charge in [-0.05, 0) is 70.6 Å². The molecule has 0 aliphatic carbocycles. The van der Waals surface area contributed by atoms with Crippen molar-refractivity contribution in [3.8, 4) is 0 Å². The van der Waals surface area contributed by atoms with Crippen molar-refractivity contribution in [2.45, 2.75) is 129 Å². The minimum Gasteiger partial charge on any atom is -0.462 e. The predicted molar refractivity (Wildman–Crippen MR) is 187 cm³/mol. The summed E-state index contributed by atoms with van der Waals surface area (Å²) in [7, 11) is -4.38. The predicted octanol–water partition coefficient (Wildman–Crippen LogP) is 8.99. The fourth-order valence-corrected chi connectivity index (χ4v) is 4.86. The van der Waals surface area contributed by atoms with Crippen molar-refractivity contribution in [1.82, 2.24) is 0 Å². The van der Waals surface area contributed by atoms with Gasteiger partial charge in [0, 0.05) is 19.4 Å². The number of allylic oxidation sites excluding steroid dienone is 10. The second kappa shape index (κ2) is 32.6. The molecule has 0 heterocycles. The maximum absolute atomic E-state index is 12.5. The summed E-state index contributed by atoms with van der Waals surface area (Å²) in [6.07, 6.45) is 35.5. The summed E-state index contributed by atoms with van der Waals surface area (Å²) in [6.45, 7) is 3.45. The van der Waals surface area contributed by atoms with Gasteiger partial charge in [0.25, 0.3) is 0 Å². The summed E-state index contributed by atoms with van der Waals surface area (Å²) in [5.41, 5.74) is 5.31. The standard InChI is InChI=1S/C36H62NO8P/c1-3-5-7-9-11-13-15-16-17-18-19-21-23-25-27-29-36(39)45-34(33-44-46(40,41)43-31-30-37)32-42-35(38)28-26-24-22-20-14-12-10-8-6-4-2/h5,7-8,10-11,13,16-17,19,21,34H,3-4,6,9,12,14-15,18,20,22-33,37H2,1-2H3,(H,40,41)/b7-5-,10-8-,13-11-,17-16-,21-19-. The number of ether oxygens (including phenoxy) is 2. The van der Waals surface area contributed by atoms with Crippen LogP contribution in [0, 0.1) is 0 Å². The molecule has 9 nitrogen and oxygen atoms in total. The van der Waals surface area contributed by atoms with Gasteiger partial charge in [-0.2, -0.15) is 0 Å². The average Bonchev–Trinajstić information content (AvgIpc) is 3.04. The highest BCUT2D eigenvalue weighted by atomic mass is 31.2. The van der Waals surface area contributed by atoms with E-state index in [-0.39, 0.29) is 32.6 Å². The van der Waals surface area contributed by atoms with Gasteiger partial charge in [0.1, 0.15) is 6.61 Å². The molecule has 0 aromatic heterocycles. The quantitative estimate of drug-likeness (QED) is 0.0321. The molecule has 0 fully saturated rings. The van der Waals surface area contributed by atoms with Gasteiger partial charge in [0.05, 0.1) is 13.2 Å². The summed E-state index contributed by atoms with van der Waals surface area (Å²) in [6, 6.07) is 0. The van der Waals surface area contributed by atoms with Gasteiger partial charge in [-0.1, -0.05) is 100 Å². The molecule has 264 valence electrons. The lowest BCUT2D eigenvalue weighted by Crippen LogP contribution is -2.29. The third-order valence-electron chi connectivity index (χ3n) is 6.62. The Kier molecular flexibility index (Phi) is 31.0. The molecule has 46 heavy (non-hydrogen) atoms. The lowest BCUT2D eigenvalue weighted by Gasteiger charge is -2.19. The van der Waals surface area contributed by atoms with Gasteiger partial charge in [0.15, 0.2) is 6.10 Å². The number of carbonyl (C=O) groups is 2. The van der Waals surface area contributed by atoms with E-state index in [2.05, 4.69) is 74.6 Å². The van der Waals surface area contributed by atoms with E-state index in [0.29, 0.717) is 12.8 Å². The highest BCUT2D eigenvalue weighted by Crippen LogP contribution is 2.43. The Labute approximate surface area is 279 Å². The molecule has 2 atom stereocenters. The van der Waals surface area contributed by atoms with E-state index in [1.54, 1.807) is 0 Å². The summed E-state index contributed by atoms with van der Waals surface area (Å²) in [5.74, 6) is -0.900. The molecule has 0 rings (SSSR count). The van der Waals surface area contributed by atoms with Gasteiger partial charge in [-0.15, -0.1) is 0 Å². The zero-order valence-electron chi connectivity index (χ0n) is 28.5. The molecule has 0 spiro atoms. The normalized spacial score (nSPS) is 14.3. The van der Waals surface area contributed by atoms with Crippen LogP contribution in [0.15, 0.2) is 60.8 Å². The van der Waals surface area contributed by atoms with Gasteiger partial charge in [-0.3, -0.25) is 18.6 Å². The van der Waals surface area contributed by atoms with Crippen LogP contribution in [0.4, 0.5) is 0 Å². The van der Waals surface area contributed by atoms with Crippen LogP contribution in [0.25, 0.3) is 0 Å². The molecule has 0 bridgehead atoms. The van der Waals surface area contributed by atoms with Crippen molar-refractivity contribution in [1.29, 1.82) is 0 Å². The second-order valence-electron chi connectivity index (χ2n) is 11.0. The number of carbonyl (C=O) groups excluding carboxylic acids is 2. The number of nitrogens with two attached hydrogens (primary N) is 1. The van der Waals surface area contributed by atoms with Gasteiger partial charge in [0.2, 0.25) is 0 Å². The van der Waals surface area contributed by atoms with Gasteiger partial charge in [-0.25, -0.2) is 4.57 Å². The van der Waals surface area contributed by atoms with Crippen molar-refractivity contribution in [3.05, 3.63) is 60.8 Å². The molecule has 0 aliphatic heterocycles. The minimum atomic E-state index is -4.38. The van der Waals surface area contributed by atoms with Crippen LogP contribution in [-0.2, 0) is 32.7 Å². The van der Waals surface area contributed by atoms with Crippen LogP contribution in [0.3, 0.4) is 0 Å². The first-order valence-corrected chi connectivity index (χ1v) is 18.8. The first kappa shape index (κ1) is 43.7. The summed E-state index contributed by atoms with van der Waals surface area (Å²) in [4.78, 5) is 34.5. The zero-order valence-corrected chi connectivity index (χ0v) is 29.4. The van der Waals surface area contributed by atoms with E-state index in [4.69, 9.17) is 24.3 Å². The molecule has 0 aliphatic rings. The monoisotopic (exact) mass is 667 g/mol. The van der Waals surface area contributed by atoms with Crippen LogP contribution in [0.1, 0.15) is 123 Å². The highest BCUT2D eigenvalue weighted by molar-refractivity contribution is 7.47. The number of phosphoric acid groups is 1. The summed E-state index contributed by atoms with van der Waals surface area (Å²) >= 11 is 0. The third-order valence-corrected chi connectivity index (χ3v) is 7.60. The number of esters is 2. The lowest BCUT2D eigenvalue weighted by atomic mass is 10.1. The van der Waals surface area contributed by atoms with Crippen LogP contribution >= 0.6 is 7.82 Å². The minimum absolute atomic E-state index is 0.0425. The fourth-order valence-electron chi connectivity index (χ4n) is 4.10. The molecule has 0 radical (unpaired) electrons. The zero-order chi connectivity index (χ0) is 34.0. The molecular formula is C36H62NO8P. The molecule has 0 saturated heterocycles. The maximum Gasteiger partial charge on any atom is 0.472 e. The topological polar surface area (TPSA) is 134 Å². The number of hydrogen-bond acceptors (Lipinski definition) is 8. The molecule has 0 saturated carbocycles. The van der Waals surface area contributed by atoms with Crippen LogP contribution in [-0.4, -0.2) is 49.3 Å². The van der Waals surface area contributed by atoms with Crippen LogP contribution in [0.5, 0.6) is 0 Å². The van der Waals surface area contributed by atoms with Crippen molar-refractivity contribution in [2.24, 2.45) is 5.73 Å². The molecule has 3 N–H and O–H groups in total. The smallest absolute Gasteiger partial charge is 0.462 e. The van der Waals surface area contributed by atoms with Gasteiger partial charge < -0.3 is 20.1 Å². The Bertz CT molecular complexity index is 944. The summed E-state index contributed by atoms with van der Waals surface area (Å²) in [5, 5.41) is 0. The lowest BCUT2D eigenvalue weighted by molar-refractivity contribution is -0.161. The molecule has 0 aromatic rings. The van der Waals surface area contributed by atoms with Crippen molar-refractivity contribution in [2.75, 3.05) is 26.4 Å². The average molecular weight is 668 g/mol. The maximum atomic E-state index is 12.5. The molecule has 2 unspecified atom stereocenters. The molecule has 0 aromatic carbocycles. The van der Waals surface area contributed by atoms with Crippen LogP contribution < -0.4 is 5.73 Å². The molecular weight excluding hydrogens is 605 g/mol. The first-order valence-electron chi connectivity index (χ1n) is 17.3. The Hall–Kier alpha value is -2.29. The van der Waals surface area contributed by atoms with E-state index in [0.717, 1.165) is 77.0 Å². The van der Waals surface area contributed by atoms with Crippen molar-refractivity contribution < 1.29 is 37.6 Å². The van der Waals surface area contributed by atoms with Crippen molar-refractivity contribution in [3.63, 3.8) is 0 Å². The van der Waals surface area contributed by atoms with E-state index in [1.165, 1.54) is 6.42 Å². The Morgan fingerprint density at radius 1 is 0.674 bits per heavy atom. The first-order chi connectivity index (χ1) is 22.3. The largest absolute Gasteiger partial charge is 0.472 e. The highest BCUT2D eigenvalue weighted by Gasteiger charge is 2.25. The summed E-state index contributed by atoms with van der Waals surface area (Å²) < 4.78 is 32.5. The fraction of sp³-hybridized carbons (Fsp3) is 0.667. The molecule has 10 heteroatoms. The third kappa shape index (κ3) is 31.7. The van der Waals surface area contributed by atoms with E-state index in [1.807, 2.05) is 0 Å². The number of rotatable bonds is 31. The number of unbranched alkanes of at least 4 members (excludes halogenated alkanes) is 8. The molecule has 0 amide bonds. The van der Waals surface area contributed by atoms with E-state index >= 15 is 0 Å². The number of phosphoric ester groups is 1. The van der Waals surface area contributed by atoms with Crippen LogP contribution in [0.2, 0.25) is 0 Å². The van der Waals surface area contributed by atoms with Crippen molar-refractivity contribution >= 4 is 19.8 Å². The Morgan fingerprint density at radius 3 is 1.85 bits per heavy atom. The Morgan fingerprint density at radius 2 is 1.20 bits per heavy atom. The SMILES string of the molecule is CC/C=C\C/C=C\C/C=C\C/C=C\CCCCC(=O)OC(COC(=O)CCCCCCC/C=C\CCC)COP(=O)(O)OCCN. The van der Waals surface area contributed by atoms with E-state index in [9.17, 15) is 19.0 Å². The van der Waals surface area contributed by atoms with Gasteiger partial charge >= 0.3 is 19.8 Å². The Balaban J connectivity index is 4.39. The second-order valence-corrected chi connectivity index (χ2v) is 12.4. The van der Waals surface area contributed by atoms with E-state index < -0.39 is 32.5 Å². The number of hydrogen-bond donors (Lipinski definition) is 2.